The van der Waals surface area contributed by atoms with E-state index in [2.05, 4.69) is 149 Å². The zero-order valence-corrected chi connectivity index (χ0v) is 24.2. The molecular weight excluding hydrogens is 517 g/mol. The van der Waals surface area contributed by atoms with Gasteiger partial charge in [0.05, 0.1) is 0 Å². The molecule has 1 nitrogen and oxygen atoms in total. The molecule has 2 unspecified atom stereocenters. The molecule has 0 aromatic heterocycles. The van der Waals surface area contributed by atoms with Gasteiger partial charge in [-0.1, -0.05) is 0 Å². The molecule has 0 radical (unpaired) electrons. The normalized spacial score (nSPS) is 14.7. The Hall–Kier alpha value is -2.29. The van der Waals surface area contributed by atoms with Crippen molar-refractivity contribution in [2.45, 2.75) is 39.7 Å². The van der Waals surface area contributed by atoms with Crippen LogP contribution in [0.3, 0.4) is 0 Å². The van der Waals surface area contributed by atoms with Gasteiger partial charge < -0.3 is 24.8 Å². The number of fused-ring (bicyclic) bond motifs is 1. The topological polar surface area (TPSA) is 3.24 Å². The van der Waals surface area contributed by atoms with Crippen LogP contribution < -0.4 is 28.2 Å². The van der Waals surface area contributed by atoms with Crippen molar-refractivity contribution < 1.29 is 45.5 Å². The average Bonchev–Trinajstić information content (AvgIpc) is 3.23. The van der Waals surface area contributed by atoms with Crippen LogP contribution in [0.2, 0.25) is 0 Å². The molecule has 4 heteroatoms. The van der Waals surface area contributed by atoms with E-state index in [4.69, 9.17) is 0 Å². The Kier molecular flexibility index (Phi) is 9.30. The van der Waals surface area contributed by atoms with Crippen LogP contribution >= 0.6 is 0 Å². The van der Waals surface area contributed by atoms with E-state index >= 15 is 0 Å². The summed E-state index contributed by atoms with van der Waals surface area (Å²) in [5.41, 5.74) is 13.5. The van der Waals surface area contributed by atoms with Gasteiger partial charge in [0.25, 0.3) is 0 Å². The van der Waals surface area contributed by atoms with Crippen molar-refractivity contribution in [2.24, 2.45) is 0 Å². The van der Waals surface area contributed by atoms with Crippen molar-refractivity contribution in [2.75, 3.05) is 3.38 Å². The maximum Gasteiger partial charge on any atom is -1.00 e. The number of hydrogen-bond donors (Lipinski definition) is 0. The van der Waals surface area contributed by atoms with Crippen LogP contribution in [0, 0.1) is 20.8 Å². The van der Waals surface area contributed by atoms with Gasteiger partial charge in [-0.25, -0.2) is 0 Å². The van der Waals surface area contributed by atoms with E-state index < -0.39 is 0 Å². The van der Waals surface area contributed by atoms with Gasteiger partial charge >= 0.3 is 217 Å². The molecule has 4 aromatic rings. The van der Waals surface area contributed by atoms with Gasteiger partial charge in [0.2, 0.25) is 0 Å². The Labute approximate surface area is 240 Å². The smallest absolute Gasteiger partial charge is 1.00 e. The number of benzene rings is 4. The van der Waals surface area contributed by atoms with Crippen molar-refractivity contribution in [1.29, 1.82) is 0 Å². The summed E-state index contributed by atoms with van der Waals surface area (Å²) in [4.78, 5) is 0. The SMILES string of the molecule is Cc1cc(C)c([N]([Ti+2])C(C)c2ccccc2C2C(c3ccccc3)=Cc3ccccc32)c(C)c1.[Cl-].[Cl-]. The summed E-state index contributed by atoms with van der Waals surface area (Å²) in [6.45, 7) is 8.98. The number of halogens is 2. The summed E-state index contributed by atoms with van der Waals surface area (Å²) >= 11 is 2.24. The second-order valence-electron chi connectivity index (χ2n) is 9.45. The molecule has 0 N–H and O–H groups in total. The number of hydrogen-bond acceptors (Lipinski definition) is 1. The molecule has 0 spiro atoms. The van der Waals surface area contributed by atoms with Gasteiger partial charge in [0.1, 0.15) is 0 Å². The molecule has 5 rings (SSSR count). The van der Waals surface area contributed by atoms with E-state index in [1.165, 1.54) is 55.8 Å². The fourth-order valence-corrected chi connectivity index (χ4v) is 6.35. The second-order valence-corrected chi connectivity index (χ2v) is 10.2. The summed E-state index contributed by atoms with van der Waals surface area (Å²) in [6, 6.07) is 33.6. The monoisotopic (exact) mass is 546 g/mol. The number of aryl methyl sites for hydroxylation is 3. The first-order chi connectivity index (χ1) is 16.5. The summed E-state index contributed by atoms with van der Waals surface area (Å²) in [5.74, 6) is 0.228. The first kappa shape index (κ1) is 28.3. The molecule has 0 fully saturated rings. The fraction of sp³-hybridized carbons (Fsp3) is 0.188. The average molecular weight is 547 g/mol. The van der Waals surface area contributed by atoms with E-state index in [0.29, 0.717) is 0 Å². The third-order valence-electron chi connectivity index (χ3n) is 7.06. The van der Waals surface area contributed by atoms with Gasteiger partial charge in [-0.15, -0.1) is 0 Å². The Morgan fingerprint density at radius 3 is 1.94 bits per heavy atom. The van der Waals surface area contributed by atoms with E-state index in [-0.39, 0.29) is 36.8 Å². The van der Waals surface area contributed by atoms with Crippen LogP contribution in [0.4, 0.5) is 5.69 Å². The summed E-state index contributed by atoms with van der Waals surface area (Å²) in [5, 5.41) is 0. The Morgan fingerprint density at radius 2 is 1.28 bits per heavy atom. The summed E-state index contributed by atoms with van der Waals surface area (Å²) in [7, 11) is 0. The maximum atomic E-state index is 2.45. The summed E-state index contributed by atoms with van der Waals surface area (Å²) in [6.07, 6.45) is 2.38. The minimum absolute atomic E-state index is 0. The van der Waals surface area contributed by atoms with Crippen molar-refractivity contribution in [3.05, 3.63) is 136 Å². The van der Waals surface area contributed by atoms with Crippen molar-refractivity contribution >= 4 is 17.3 Å². The van der Waals surface area contributed by atoms with Gasteiger partial charge in [0.15, 0.2) is 0 Å². The molecule has 2 atom stereocenters. The molecule has 0 heterocycles. The Bertz CT molecular complexity index is 1360. The van der Waals surface area contributed by atoms with Crippen LogP contribution in [-0.4, -0.2) is 0 Å². The molecule has 36 heavy (non-hydrogen) atoms. The van der Waals surface area contributed by atoms with E-state index in [9.17, 15) is 0 Å². The van der Waals surface area contributed by atoms with E-state index in [1.54, 1.807) is 0 Å². The van der Waals surface area contributed by atoms with Gasteiger partial charge in [-0.05, 0) is 0 Å². The predicted octanol–water partition coefficient (Wildman–Crippen LogP) is 2.34. The van der Waals surface area contributed by atoms with Crippen molar-refractivity contribution in [3.8, 4) is 0 Å². The molecule has 181 valence electrons. The third-order valence-corrected chi connectivity index (χ3v) is 8.01. The quantitative estimate of drug-likeness (QED) is 0.347. The van der Waals surface area contributed by atoms with Crippen LogP contribution in [-0.2, 0) is 20.7 Å². The minimum atomic E-state index is 0. The minimum Gasteiger partial charge on any atom is -1.00 e. The Morgan fingerprint density at radius 1 is 0.722 bits per heavy atom. The maximum absolute atomic E-state index is 2.45. The van der Waals surface area contributed by atoms with Crippen LogP contribution in [0.5, 0.6) is 0 Å². The van der Waals surface area contributed by atoms with Crippen molar-refractivity contribution in [1.82, 2.24) is 0 Å². The molecule has 0 aliphatic heterocycles. The van der Waals surface area contributed by atoms with E-state index in [1.807, 2.05) is 0 Å². The molecule has 0 saturated carbocycles. The molecule has 1 aliphatic rings. The van der Waals surface area contributed by atoms with E-state index in [0.717, 1.165) is 0 Å². The van der Waals surface area contributed by atoms with Gasteiger partial charge in [0, 0.05) is 0 Å². The molecule has 4 aromatic carbocycles. The molecule has 0 saturated heterocycles. The predicted molar refractivity (Wildman–Crippen MR) is 141 cm³/mol. The fourth-order valence-electron chi connectivity index (χ4n) is 5.58. The number of anilines is 1. The first-order valence-corrected chi connectivity index (χ1v) is 12.7. The molecule has 0 amide bonds. The van der Waals surface area contributed by atoms with Crippen LogP contribution in [0.1, 0.15) is 63.4 Å². The first-order valence-electron chi connectivity index (χ1n) is 12.0. The van der Waals surface area contributed by atoms with Gasteiger partial charge in [-0.2, -0.15) is 0 Å². The molecule has 0 bridgehead atoms. The largest absolute Gasteiger partial charge is 1.00 e. The van der Waals surface area contributed by atoms with Crippen LogP contribution in [0.25, 0.3) is 11.6 Å². The molecular formula is C32H30Cl2NTi. The standard InChI is InChI=1S/C32H30N.2ClH.Ti/c1-21-18-22(2)32(23(3)19-21)33-24(4)27-15-10-11-17-29(27)31-28-16-9-8-14-26(28)20-30(31)25-12-6-5-7-13-25;;;/h5-20,24,31H,1-4H3;2*1H;/q-1;;;+3/p-2. The van der Waals surface area contributed by atoms with Crippen molar-refractivity contribution in [3.63, 3.8) is 0 Å². The molecule has 1 aliphatic carbocycles. The second kappa shape index (κ2) is 11.8. The zero-order chi connectivity index (χ0) is 23.8. The van der Waals surface area contributed by atoms with Crippen LogP contribution in [0.15, 0.2) is 91.0 Å². The Balaban J connectivity index is 0.00000180. The van der Waals surface area contributed by atoms with Gasteiger partial charge in [-0.3, -0.25) is 0 Å². The zero-order valence-electron chi connectivity index (χ0n) is 21.1. The number of nitrogens with zero attached hydrogens (tertiary/aromatic N) is 1. The number of allylic oxidation sites excluding steroid dienone is 1. The third kappa shape index (κ3) is 5.22. The number of rotatable bonds is 5. The summed E-state index contributed by atoms with van der Waals surface area (Å²) < 4.78 is 2.45.